The molecular formula is C7H14N2O2. The molecule has 1 fully saturated rings. The summed E-state index contributed by atoms with van der Waals surface area (Å²) in [6.45, 7) is 0.842. The van der Waals surface area contributed by atoms with Crippen LogP contribution in [0.3, 0.4) is 0 Å². The molecule has 4 nitrogen and oxygen atoms in total. The zero-order valence-electron chi connectivity index (χ0n) is 6.51. The second-order valence-corrected chi connectivity index (χ2v) is 2.74. The normalized spacial score (nSPS) is 23.5. The van der Waals surface area contributed by atoms with Crippen LogP contribution in [0.25, 0.3) is 0 Å². The Balaban J connectivity index is 2.06. The summed E-state index contributed by atoms with van der Waals surface area (Å²) in [6, 6.07) is 0. The Bertz CT molecular complexity index is 132. The number of hydrazine groups is 1. The molecule has 1 aliphatic heterocycles. The maximum atomic E-state index is 10.7. The monoisotopic (exact) mass is 158 g/mol. The van der Waals surface area contributed by atoms with Crippen LogP contribution in [0.15, 0.2) is 0 Å². The molecule has 0 bridgehead atoms. The van der Waals surface area contributed by atoms with Crippen molar-refractivity contribution < 1.29 is 9.53 Å². The van der Waals surface area contributed by atoms with Crippen LogP contribution in [0, 0.1) is 0 Å². The fraction of sp³-hybridized carbons (Fsp3) is 0.857. The largest absolute Gasteiger partial charge is 0.378 e. The van der Waals surface area contributed by atoms with Gasteiger partial charge >= 0.3 is 0 Å². The number of nitrogens with two attached hydrogens (primary N) is 1. The van der Waals surface area contributed by atoms with Gasteiger partial charge in [0.05, 0.1) is 6.10 Å². The number of amides is 1. The van der Waals surface area contributed by atoms with Crippen molar-refractivity contribution in [3.63, 3.8) is 0 Å². The number of nitrogens with one attached hydrogen (secondary N) is 1. The Morgan fingerprint density at radius 2 is 2.55 bits per heavy atom. The minimum absolute atomic E-state index is 0.111. The lowest BCUT2D eigenvalue weighted by atomic mass is 10.1. The van der Waals surface area contributed by atoms with E-state index in [-0.39, 0.29) is 12.0 Å². The molecule has 1 heterocycles. The number of hydrogen-bond donors (Lipinski definition) is 2. The van der Waals surface area contributed by atoms with Crippen LogP contribution in [-0.2, 0) is 9.53 Å². The molecule has 1 unspecified atom stereocenters. The Kier molecular flexibility index (Phi) is 3.32. The Labute approximate surface area is 66.1 Å². The van der Waals surface area contributed by atoms with Crippen LogP contribution >= 0.6 is 0 Å². The van der Waals surface area contributed by atoms with Crippen molar-refractivity contribution in [1.82, 2.24) is 5.43 Å². The third kappa shape index (κ3) is 2.86. The number of ether oxygens (including phenoxy) is 1. The number of rotatable bonds is 3. The third-order valence-electron chi connectivity index (χ3n) is 1.88. The summed E-state index contributed by atoms with van der Waals surface area (Å²) in [5, 5.41) is 0. The molecule has 64 valence electrons. The highest BCUT2D eigenvalue weighted by Crippen LogP contribution is 2.16. The van der Waals surface area contributed by atoms with Gasteiger partial charge in [-0.05, 0) is 19.3 Å². The van der Waals surface area contributed by atoms with E-state index in [9.17, 15) is 4.79 Å². The van der Waals surface area contributed by atoms with E-state index in [4.69, 9.17) is 10.6 Å². The minimum Gasteiger partial charge on any atom is -0.378 e. The molecular weight excluding hydrogens is 144 g/mol. The van der Waals surface area contributed by atoms with E-state index in [1.54, 1.807) is 0 Å². The van der Waals surface area contributed by atoms with Gasteiger partial charge in [-0.3, -0.25) is 10.2 Å². The number of hydrogen-bond acceptors (Lipinski definition) is 3. The van der Waals surface area contributed by atoms with Gasteiger partial charge in [-0.2, -0.15) is 0 Å². The summed E-state index contributed by atoms with van der Waals surface area (Å²) in [7, 11) is 0. The first kappa shape index (κ1) is 8.49. The molecule has 0 aromatic carbocycles. The van der Waals surface area contributed by atoms with Crippen LogP contribution in [-0.4, -0.2) is 18.6 Å². The van der Waals surface area contributed by atoms with E-state index in [2.05, 4.69) is 5.43 Å². The van der Waals surface area contributed by atoms with Gasteiger partial charge in [-0.25, -0.2) is 5.84 Å². The molecule has 0 aromatic rings. The van der Waals surface area contributed by atoms with Crippen molar-refractivity contribution in [1.29, 1.82) is 0 Å². The smallest absolute Gasteiger partial charge is 0.233 e. The lowest BCUT2D eigenvalue weighted by molar-refractivity contribution is -0.121. The molecule has 3 N–H and O–H groups in total. The maximum Gasteiger partial charge on any atom is 0.233 e. The first-order valence-electron chi connectivity index (χ1n) is 3.94. The Morgan fingerprint density at radius 3 is 3.09 bits per heavy atom. The van der Waals surface area contributed by atoms with Gasteiger partial charge in [-0.1, -0.05) is 0 Å². The van der Waals surface area contributed by atoms with Gasteiger partial charge in [0, 0.05) is 13.0 Å². The van der Waals surface area contributed by atoms with Gasteiger partial charge in [0.2, 0.25) is 5.91 Å². The van der Waals surface area contributed by atoms with E-state index in [1.165, 1.54) is 0 Å². The second kappa shape index (κ2) is 4.31. The van der Waals surface area contributed by atoms with Crippen molar-refractivity contribution in [3.05, 3.63) is 0 Å². The topological polar surface area (TPSA) is 64.3 Å². The van der Waals surface area contributed by atoms with Crippen molar-refractivity contribution in [3.8, 4) is 0 Å². The van der Waals surface area contributed by atoms with Crippen molar-refractivity contribution in [2.45, 2.75) is 31.8 Å². The molecule has 1 atom stereocenters. The van der Waals surface area contributed by atoms with Gasteiger partial charge in [-0.15, -0.1) is 0 Å². The zero-order chi connectivity index (χ0) is 8.10. The van der Waals surface area contributed by atoms with Crippen molar-refractivity contribution >= 4 is 5.91 Å². The van der Waals surface area contributed by atoms with E-state index in [0.29, 0.717) is 6.42 Å². The lowest BCUT2D eigenvalue weighted by Gasteiger charge is -2.06. The summed E-state index contributed by atoms with van der Waals surface area (Å²) in [5.74, 6) is 4.81. The van der Waals surface area contributed by atoms with Crippen molar-refractivity contribution in [2.75, 3.05) is 6.61 Å². The average molecular weight is 158 g/mol. The molecule has 0 saturated carbocycles. The predicted molar refractivity (Wildman–Crippen MR) is 40.5 cm³/mol. The highest BCUT2D eigenvalue weighted by molar-refractivity contribution is 5.75. The molecule has 0 radical (unpaired) electrons. The number of carbonyl (C=O) groups is 1. The third-order valence-corrected chi connectivity index (χ3v) is 1.88. The SMILES string of the molecule is NNC(=O)CCC1CCCO1. The first-order valence-corrected chi connectivity index (χ1v) is 3.94. The molecule has 0 aromatic heterocycles. The maximum absolute atomic E-state index is 10.7. The predicted octanol–water partition coefficient (Wildman–Crippen LogP) is -0.0645. The molecule has 1 saturated heterocycles. The minimum atomic E-state index is -0.111. The summed E-state index contributed by atoms with van der Waals surface area (Å²) in [6.07, 6.45) is 3.75. The second-order valence-electron chi connectivity index (χ2n) is 2.74. The van der Waals surface area contributed by atoms with E-state index >= 15 is 0 Å². The fourth-order valence-electron chi connectivity index (χ4n) is 1.24. The molecule has 4 heteroatoms. The molecule has 1 rings (SSSR count). The summed E-state index contributed by atoms with van der Waals surface area (Å²) in [4.78, 5) is 10.7. The summed E-state index contributed by atoms with van der Waals surface area (Å²) < 4.78 is 5.33. The van der Waals surface area contributed by atoms with E-state index in [0.717, 1.165) is 25.9 Å². The highest BCUT2D eigenvalue weighted by Gasteiger charge is 2.15. The highest BCUT2D eigenvalue weighted by atomic mass is 16.5. The average Bonchev–Trinajstić information content (AvgIpc) is 2.52. The van der Waals surface area contributed by atoms with Gasteiger partial charge in [0.15, 0.2) is 0 Å². The first-order chi connectivity index (χ1) is 5.33. The summed E-state index contributed by atoms with van der Waals surface area (Å²) >= 11 is 0. The fourth-order valence-corrected chi connectivity index (χ4v) is 1.24. The molecule has 11 heavy (non-hydrogen) atoms. The zero-order valence-corrected chi connectivity index (χ0v) is 6.51. The van der Waals surface area contributed by atoms with Crippen LogP contribution in [0.1, 0.15) is 25.7 Å². The van der Waals surface area contributed by atoms with Crippen LogP contribution in [0.2, 0.25) is 0 Å². The molecule has 1 amide bonds. The van der Waals surface area contributed by atoms with Crippen LogP contribution in [0.5, 0.6) is 0 Å². The molecule has 1 aliphatic rings. The van der Waals surface area contributed by atoms with E-state index < -0.39 is 0 Å². The standard InChI is InChI=1S/C7H14N2O2/c8-9-7(10)4-3-6-2-1-5-11-6/h6H,1-5,8H2,(H,9,10). The quantitative estimate of drug-likeness (QED) is 0.343. The van der Waals surface area contributed by atoms with Crippen molar-refractivity contribution in [2.24, 2.45) is 5.84 Å². The number of carbonyl (C=O) groups excluding carboxylic acids is 1. The van der Waals surface area contributed by atoms with E-state index in [1.807, 2.05) is 0 Å². The Morgan fingerprint density at radius 1 is 1.73 bits per heavy atom. The van der Waals surface area contributed by atoms with Crippen LogP contribution in [0.4, 0.5) is 0 Å². The molecule has 0 spiro atoms. The van der Waals surface area contributed by atoms with Gasteiger partial charge < -0.3 is 4.74 Å². The Hall–Kier alpha value is -0.610. The van der Waals surface area contributed by atoms with Gasteiger partial charge in [0.25, 0.3) is 0 Å². The van der Waals surface area contributed by atoms with Crippen LogP contribution < -0.4 is 11.3 Å². The van der Waals surface area contributed by atoms with Gasteiger partial charge in [0.1, 0.15) is 0 Å². The summed E-state index contributed by atoms with van der Waals surface area (Å²) in [5.41, 5.74) is 2.09. The lowest BCUT2D eigenvalue weighted by Crippen LogP contribution is -2.30. The molecule has 0 aliphatic carbocycles.